The molecule has 38 heavy (non-hydrogen) atoms. The van der Waals surface area contributed by atoms with Crippen molar-refractivity contribution >= 4 is 40.9 Å². The number of ether oxygens (including phenoxy) is 2. The van der Waals surface area contributed by atoms with Crippen LogP contribution in [0, 0.1) is 5.82 Å². The van der Waals surface area contributed by atoms with Gasteiger partial charge in [0.1, 0.15) is 5.82 Å². The molecule has 0 saturated carbocycles. The molecule has 9 nitrogen and oxygen atoms in total. The molecule has 4 rings (SSSR count). The van der Waals surface area contributed by atoms with Crippen LogP contribution in [0.3, 0.4) is 0 Å². The predicted molar refractivity (Wildman–Crippen MR) is 143 cm³/mol. The fourth-order valence-electron chi connectivity index (χ4n) is 3.50. The van der Waals surface area contributed by atoms with Crippen LogP contribution in [0.2, 0.25) is 5.02 Å². The molecule has 3 aromatic carbocycles. The van der Waals surface area contributed by atoms with Crippen molar-refractivity contribution in [3.63, 3.8) is 0 Å². The number of rotatable bonds is 10. The fraction of sp³-hybridized carbons (Fsp3) is 0.154. The number of nitrogens with one attached hydrogen (secondary N) is 2. The van der Waals surface area contributed by atoms with Gasteiger partial charge in [-0.15, -0.1) is 10.2 Å². The quantitative estimate of drug-likeness (QED) is 0.272. The Labute approximate surface area is 227 Å². The van der Waals surface area contributed by atoms with Gasteiger partial charge in [0.05, 0.1) is 37.9 Å². The molecular formula is C26H23ClFN5O4S. The van der Waals surface area contributed by atoms with Gasteiger partial charge >= 0.3 is 0 Å². The molecule has 1 heterocycles. The zero-order chi connectivity index (χ0) is 27.1. The van der Waals surface area contributed by atoms with E-state index in [1.807, 2.05) is 0 Å². The molecule has 0 unspecified atom stereocenters. The van der Waals surface area contributed by atoms with Crippen LogP contribution in [-0.2, 0) is 11.3 Å². The predicted octanol–water partition coefficient (Wildman–Crippen LogP) is 4.74. The number of benzene rings is 3. The molecular weight excluding hydrogens is 533 g/mol. The summed E-state index contributed by atoms with van der Waals surface area (Å²) >= 11 is 7.32. The van der Waals surface area contributed by atoms with Crippen molar-refractivity contribution in [1.82, 2.24) is 20.1 Å². The van der Waals surface area contributed by atoms with E-state index in [4.69, 9.17) is 21.1 Å². The van der Waals surface area contributed by atoms with E-state index in [1.54, 1.807) is 59.2 Å². The number of amides is 2. The van der Waals surface area contributed by atoms with E-state index in [0.29, 0.717) is 38.8 Å². The molecule has 2 amide bonds. The lowest BCUT2D eigenvalue weighted by Crippen LogP contribution is -2.24. The van der Waals surface area contributed by atoms with E-state index in [0.717, 1.165) is 11.8 Å². The van der Waals surface area contributed by atoms with Crippen molar-refractivity contribution in [3.8, 4) is 17.2 Å². The first kappa shape index (κ1) is 27.0. The van der Waals surface area contributed by atoms with E-state index >= 15 is 0 Å². The molecule has 0 atom stereocenters. The van der Waals surface area contributed by atoms with Crippen LogP contribution < -0.4 is 20.1 Å². The molecule has 0 radical (unpaired) electrons. The van der Waals surface area contributed by atoms with Gasteiger partial charge in [-0.05, 0) is 48.5 Å². The van der Waals surface area contributed by atoms with Crippen LogP contribution in [0.5, 0.6) is 11.5 Å². The molecule has 196 valence electrons. The van der Waals surface area contributed by atoms with Crippen molar-refractivity contribution < 1.29 is 23.5 Å². The lowest BCUT2D eigenvalue weighted by molar-refractivity contribution is -0.113. The molecule has 12 heteroatoms. The smallest absolute Gasteiger partial charge is 0.251 e. The summed E-state index contributed by atoms with van der Waals surface area (Å²) in [6, 6.07) is 17.8. The SMILES string of the molecule is COc1ccc(C(=O)NCc2nnc(SCC(=O)Nc3ccccc3F)n2-c2cccc(Cl)c2)cc1OC. The number of carbonyl (C=O) groups excluding carboxylic acids is 2. The van der Waals surface area contributed by atoms with Gasteiger partial charge in [0, 0.05) is 10.6 Å². The van der Waals surface area contributed by atoms with Gasteiger partial charge in [-0.1, -0.05) is 41.6 Å². The van der Waals surface area contributed by atoms with Gasteiger partial charge in [-0.25, -0.2) is 4.39 Å². The molecule has 0 aliphatic carbocycles. The topological polar surface area (TPSA) is 107 Å². The monoisotopic (exact) mass is 555 g/mol. The Morgan fingerprint density at radius 3 is 2.53 bits per heavy atom. The van der Waals surface area contributed by atoms with Crippen LogP contribution in [0.15, 0.2) is 71.9 Å². The van der Waals surface area contributed by atoms with E-state index in [1.165, 1.54) is 26.4 Å². The minimum atomic E-state index is -0.527. The third-order valence-corrected chi connectivity index (χ3v) is 6.46. The van der Waals surface area contributed by atoms with Crippen molar-refractivity contribution in [3.05, 3.63) is 89.0 Å². The second-order valence-electron chi connectivity index (χ2n) is 7.78. The van der Waals surface area contributed by atoms with Crippen molar-refractivity contribution in [2.75, 3.05) is 25.3 Å². The van der Waals surface area contributed by atoms with E-state index in [9.17, 15) is 14.0 Å². The summed E-state index contributed by atoms with van der Waals surface area (Å²) in [5, 5.41) is 14.7. The summed E-state index contributed by atoms with van der Waals surface area (Å²) in [7, 11) is 3.00. The molecule has 0 spiro atoms. The van der Waals surface area contributed by atoms with Crippen molar-refractivity contribution in [2.24, 2.45) is 0 Å². The van der Waals surface area contributed by atoms with Gasteiger partial charge in [-0.3, -0.25) is 14.2 Å². The Balaban J connectivity index is 1.52. The maximum atomic E-state index is 13.9. The average molecular weight is 556 g/mol. The van der Waals surface area contributed by atoms with Gasteiger partial charge in [0.2, 0.25) is 5.91 Å². The molecule has 4 aromatic rings. The van der Waals surface area contributed by atoms with Crippen LogP contribution >= 0.6 is 23.4 Å². The zero-order valence-corrected chi connectivity index (χ0v) is 22.0. The first-order valence-electron chi connectivity index (χ1n) is 11.3. The first-order chi connectivity index (χ1) is 18.4. The molecule has 0 bridgehead atoms. The number of hydrogen-bond donors (Lipinski definition) is 2. The highest BCUT2D eigenvalue weighted by Crippen LogP contribution is 2.28. The van der Waals surface area contributed by atoms with Crippen LogP contribution in [0.4, 0.5) is 10.1 Å². The van der Waals surface area contributed by atoms with Crippen LogP contribution in [0.25, 0.3) is 5.69 Å². The lowest BCUT2D eigenvalue weighted by atomic mass is 10.2. The molecule has 0 aliphatic heterocycles. The summed E-state index contributed by atoms with van der Waals surface area (Å²) in [6.07, 6.45) is 0. The summed E-state index contributed by atoms with van der Waals surface area (Å²) in [6.45, 7) is 0.0364. The molecule has 2 N–H and O–H groups in total. The Morgan fingerprint density at radius 2 is 1.79 bits per heavy atom. The van der Waals surface area contributed by atoms with Crippen LogP contribution in [0.1, 0.15) is 16.2 Å². The Hall–Kier alpha value is -4.09. The van der Waals surface area contributed by atoms with E-state index in [2.05, 4.69) is 20.8 Å². The summed E-state index contributed by atoms with van der Waals surface area (Å²) in [5.41, 5.74) is 1.11. The second-order valence-corrected chi connectivity index (χ2v) is 9.16. The zero-order valence-electron chi connectivity index (χ0n) is 20.4. The number of halogens is 2. The molecule has 0 saturated heterocycles. The Morgan fingerprint density at radius 1 is 1.00 bits per heavy atom. The number of anilines is 1. The third-order valence-electron chi connectivity index (χ3n) is 5.30. The normalized spacial score (nSPS) is 10.6. The number of hydrogen-bond acceptors (Lipinski definition) is 7. The van der Waals surface area contributed by atoms with E-state index < -0.39 is 11.7 Å². The number of thioether (sulfide) groups is 1. The summed E-state index contributed by atoms with van der Waals surface area (Å²) < 4.78 is 26.1. The maximum absolute atomic E-state index is 13.9. The largest absolute Gasteiger partial charge is 0.493 e. The number of nitrogens with zero attached hydrogens (tertiary/aromatic N) is 3. The van der Waals surface area contributed by atoms with Gasteiger partial charge < -0.3 is 20.1 Å². The Bertz CT molecular complexity index is 1470. The molecule has 0 aliphatic rings. The number of methoxy groups -OCH3 is 2. The number of carbonyl (C=O) groups is 2. The molecule has 0 fully saturated rings. The highest BCUT2D eigenvalue weighted by Gasteiger charge is 2.18. The van der Waals surface area contributed by atoms with Crippen molar-refractivity contribution in [2.45, 2.75) is 11.7 Å². The Kier molecular flexibility index (Phi) is 8.82. The maximum Gasteiger partial charge on any atom is 0.251 e. The standard InChI is InChI=1S/C26H23ClFN5O4S/c1-36-21-11-10-16(12-22(21)37-2)25(35)29-14-23-31-32-26(33(23)18-7-5-6-17(27)13-18)38-15-24(34)30-20-9-4-3-8-19(20)28/h3-13H,14-15H2,1-2H3,(H,29,35)(H,30,34). The highest BCUT2D eigenvalue weighted by atomic mass is 35.5. The number of aromatic nitrogens is 3. The number of para-hydroxylation sites is 1. The van der Waals surface area contributed by atoms with E-state index in [-0.39, 0.29) is 23.9 Å². The van der Waals surface area contributed by atoms with Crippen LogP contribution in [-0.4, -0.2) is 46.6 Å². The van der Waals surface area contributed by atoms with Gasteiger partial charge in [0.15, 0.2) is 22.5 Å². The first-order valence-corrected chi connectivity index (χ1v) is 12.6. The molecule has 1 aromatic heterocycles. The summed E-state index contributed by atoms with van der Waals surface area (Å²) in [5.74, 6) is -0.00175. The highest BCUT2D eigenvalue weighted by molar-refractivity contribution is 7.99. The van der Waals surface area contributed by atoms with Crippen molar-refractivity contribution in [1.29, 1.82) is 0 Å². The third kappa shape index (κ3) is 6.42. The van der Waals surface area contributed by atoms with Gasteiger partial charge in [-0.2, -0.15) is 0 Å². The summed E-state index contributed by atoms with van der Waals surface area (Å²) in [4.78, 5) is 25.3. The second kappa shape index (κ2) is 12.4. The minimum Gasteiger partial charge on any atom is -0.493 e. The fourth-order valence-corrected chi connectivity index (χ4v) is 4.46. The van der Waals surface area contributed by atoms with Gasteiger partial charge in [0.25, 0.3) is 5.91 Å². The lowest BCUT2D eigenvalue weighted by Gasteiger charge is -2.12. The average Bonchev–Trinajstić information content (AvgIpc) is 3.34. The minimum absolute atomic E-state index is 0.0364.